The minimum absolute atomic E-state index is 0.0282. The Labute approximate surface area is 144 Å². The van der Waals surface area contributed by atoms with Gasteiger partial charge in [-0.25, -0.2) is 13.8 Å². The van der Waals surface area contributed by atoms with Gasteiger partial charge in [-0.3, -0.25) is 4.79 Å². The number of hydrogen-bond donors (Lipinski definition) is 1. The summed E-state index contributed by atoms with van der Waals surface area (Å²) in [6.07, 6.45) is 4.28. The molecule has 3 atom stereocenters. The van der Waals surface area contributed by atoms with Crippen molar-refractivity contribution in [2.75, 3.05) is 19.6 Å². The average molecular weight is 346 g/mol. The maximum atomic E-state index is 13.5. The maximum Gasteiger partial charge on any atom is 0.227 e. The van der Waals surface area contributed by atoms with Gasteiger partial charge in [0.25, 0.3) is 0 Å². The lowest BCUT2D eigenvalue weighted by Gasteiger charge is -2.36. The van der Waals surface area contributed by atoms with Crippen LogP contribution in [0.2, 0.25) is 0 Å². The largest absolute Gasteiger partial charge is 0.336 e. The lowest BCUT2D eigenvalue weighted by atomic mass is 10.1. The van der Waals surface area contributed by atoms with Gasteiger partial charge in [0.05, 0.1) is 0 Å². The molecular weight excluding hydrogens is 326 g/mol. The number of carbonyl (C=O) groups is 1. The highest BCUT2D eigenvalue weighted by atomic mass is 19.2. The lowest BCUT2D eigenvalue weighted by Crippen LogP contribution is -2.50. The van der Waals surface area contributed by atoms with Gasteiger partial charge in [0.15, 0.2) is 11.6 Å². The van der Waals surface area contributed by atoms with Crippen LogP contribution in [-0.2, 0) is 11.8 Å². The molecule has 3 unspecified atom stereocenters. The third-order valence-electron chi connectivity index (χ3n) is 5.16. The van der Waals surface area contributed by atoms with Crippen LogP contribution in [0, 0.1) is 17.6 Å². The van der Waals surface area contributed by atoms with Gasteiger partial charge >= 0.3 is 0 Å². The molecule has 1 saturated carbocycles. The topological polar surface area (TPSA) is 50.2 Å². The first-order valence-corrected chi connectivity index (χ1v) is 8.49. The molecule has 25 heavy (non-hydrogen) atoms. The normalized spacial score (nSPS) is 25.9. The summed E-state index contributed by atoms with van der Waals surface area (Å²) in [4.78, 5) is 19.3. The number of aromatic nitrogens is 2. The molecule has 4 rings (SSSR count). The number of nitrogens with one attached hydrogen (secondary N) is 1. The summed E-state index contributed by atoms with van der Waals surface area (Å²) in [5, 5.41) is 3.31. The van der Waals surface area contributed by atoms with Gasteiger partial charge in [0.2, 0.25) is 5.91 Å². The molecule has 2 aromatic rings. The van der Waals surface area contributed by atoms with Crippen molar-refractivity contribution in [3.8, 4) is 0 Å². The standard InChI is InChI=1S/C18H20F2N4O/c1-23-6-5-22-17(23)16-10-21-4-7-24(16)18(25)13-9-12(13)11-2-3-14(19)15(20)8-11/h2-3,5-6,8,12-13,16,21H,4,7,9-10H2,1H3. The van der Waals surface area contributed by atoms with Gasteiger partial charge in [-0.1, -0.05) is 6.07 Å². The van der Waals surface area contributed by atoms with Crippen molar-refractivity contribution in [2.24, 2.45) is 13.0 Å². The molecule has 2 aliphatic rings. The van der Waals surface area contributed by atoms with Crippen LogP contribution in [0.4, 0.5) is 8.78 Å². The second kappa shape index (κ2) is 6.22. The minimum Gasteiger partial charge on any atom is -0.336 e. The third-order valence-corrected chi connectivity index (χ3v) is 5.16. The van der Waals surface area contributed by atoms with Crippen molar-refractivity contribution >= 4 is 5.91 Å². The highest BCUT2D eigenvalue weighted by Crippen LogP contribution is 2.49. The van der Waals surface area contributed by atoms with E-state index in [1.165, 1.54) is 6.07 Å². The molecule has 0 bridgehead atoms. The van der Waals surface area contributed by atoms with Crippen molar-refractivity contribution < 1.29 is 13.6 Å². The van der Waals surface area contributed by atoms with Crippen LogP contribution in [0.5, 0.6) is 0 Å². The number of piperazine rings is 1. The molecule has 0 spiro atoms. The molecular formula is C18H20F2N4O. The van der Waals surface area contributed by atoms with E-state index in [-0.39, 0.29) is 23.8 Å². The Hall–Kier alpha value is -2.28. The molecule has 0 radical (unpaired) electrons. The quantitative estimate of drug-likeness (QED) is 0.925. The van der Waals surface area contributed by atoms with Crippen molar-refractivity contribution in [1.82, 2.24) is 19.8 Å². The van der Waals surface area contributed by atoms with E-state index in [9.17, 15) is 13.6 Å². The average Bonchev–Trinajstić information content (AvgIpc) is 3.31. The predicted octanol–water partition coefficient (Wildman–Crippen LogP) is 1.97. The molecule has 7 heteroatoms. The first kappa shape index (κ1) is 16.2. The Morgan fingerprint density at radius 3 is 2.88 bits per heavy atom. The smallest absolute Gasteiger partial charge is 0.227 e. The van der Waals surface area contributed by atoms with E-state index in [0.29, 0.717) is 25.1 Å². The molecule has 5 nitrogen and oxygen atoms in total. The SMILES string of the molecule is Cn1ccnc1C1CNCCN1C(=O)C1CC1c1ccc(F)c(F)c1. The Balaban J connectivity index is 1.52. The van der Waals surface area contributed by atoms with E-state index in [2.05, 4.69) is 10.3 Å². The lowest BCUT2D eigenvalue weighted by molar-refractivity contribution is -0.136. The number of amides is 1. The monoisotopic (exact) mass is 346 g/mol. The summed E-state index contributed by atoms with van der Waals surface area (Å²) < 4.78 is 28.5. The molecule has 2 heterocycles. The summed E-state index contributed by atoms with van der Waals surface area (Å²) >= 11 is 0. The second-order valence-electron chi connectivity index (χ2n) is 6.77. The zero-order chi connectivity index (χ0) is 17.6. The van der Waals surface area contributed by atoms with Gasteiger partial charge in [0.1, 0.15) is 11.9 Å². The Morgan fingerprint density at radius 1 is 1.32 bits per heavy atom. The summed E-state index contributed by atoms with van der Waals surface area (Å²) in [6.45, 7) is 2.03. The molecule has 2 fully saturated rings. The highest BCUT2D eigenvalue weighted by molar-refractivity contribution is 5.83. The number of aryl methyl sites for hydroxylation is 1. The summed E-state index contributed by atoms with van der Waals surface area (Å²) in [6, 6.07) is 3.81. The molecule has 1 aromatic heterocycles. The Bertz CT molecular complexity index is 806. The van der Waals surface area contributed by atoms with Crippen molar-refractivity contribution in [3.63, 3.8) is 0 Å². The van der Waals surface area contributed by atoms with E-state index < -0.39 is 11.6 Å². The van der Waals surface area contributed by atoms with Crippen LogP contribution < -0.4 is 5.32 Å². The zero-order valence-electron chi connectivity index (χ0n) is 14.0. The molecule has 1 N–H and O–H groups in total. The maximum absolute atomic E-state index is 13.5. The van der Waals surface area contributed by atoms with Crippen molar-refractivity contribution in [2.45, 2.75) is 18.4 Å². The first-order valence-electron chi connectivity index (χ1n) is 8.49. The van der Waals surface area contributed by atoms with Crippen LogP contribution >= 0.6 is 0 Å². The van der Waals surface area contributed by atoms with Gasteiger partial charge in [0, 0.05) is 45.0 Å². The number of hydrogen-bond acceptors (Lipinski definition) is 3. The van der Waals surface area contributed by atoms with E-state index >= 15 is 0 Å². The number of benzene rings is 1. The summed E-state index contributed by atoms with van der Waals surface area (Å²) in [5.41, 5.74) is 0.695. The fraction of sp³-hybridized carbons (Fsp3) is 0.444. The summed E-state index contributed by atoms with van der Waals surface area (Å²) in [5.74, 6) is -0.979. The Morgan fingerprint density at radius 2 is 2.16 bits per heavy atom. The van der Waals surface area contributed by atoms with Gasteiger partial charge in [-0.2, -0.15) is 0 Å². The van der Waals surface area contributed by atoms with Crippen LogP contribution in [0.15, 0.2) is 30.6 Å². The van der Waals surface area contributed by atoms with Crippen molar-refractivity contribution in [1.29, 1.82) is 0 Å². The minimum atomic E-state index is -0.858. The fourth-order valence-electron chi connectivity index (χ4n) is 3.69. The van der Waals surface area contributed by atoms with Gasteiger partial charge in [-0.15, -0.1) is 0 Å². The Kier molecular flexibility index (Phi) is 4.03. The van der Waals surface area contributed by atoms with E-state index in [1.807, 2.05) is 22.7 Å². The fourth-order valence-corrected chi connectivity index (χ4v) is 3.69. The molecule has 1 saturated heterocycles. The van der Waals surface area contributed by atoms with E-state index in [1.54, 1.807) is 12.3 Å². The number of carbonyl (C=O) groups excluding carboxylic acids is 1. The molecule has 1 aromatic carbocycles. The van der Waals surface area contributed by atoms with E-state index in [4.69, 9.17) is 0 Å². The molecule has 1 aliphatic carbocycles. The highest BCUT2D eigenvalue weighted by Gasteiger charge is 2.47. The second-order valence-corrected chi connectivity index (χ2v) is 6.77. The number of rotatable bonds is 3. The molecule has 1 aliphatic heterocycles. The molecule has 132 valence electrons. The number of nitrogens with zero attached hydrogens (tertiary/aromatic N) is 3. The van der Waals surface area contributed by atoms with Gasteiger partial charge in [-0.05, 0) is 30.0 Å². The van der Waals surface area contributed by atoms with Crippen LogP contribution in [0.1, 0.15) is 29.8 Å². The van der Waals surface area contributed by atoms with Crippen LogP contribution in [0.3, 0.4) is 0 Å². The number of halogens is 2. The van der Waals surface area contributed by atoms with Crippen LogP contribution in [-0.4, -0.2) is 40.0 Å². The van der Waals surface area contributed by atoms with E-state index in [0.717, 1.165) is 18.4 Å². The van der Waals surface area contributed by atoms with Gasteiger partial charge < -0.3 is 14.8 Å². The third kappa shape index (κ3) is 2.93. The first-order chi connectivity index (χ1) is 12.1. The summed E-state index contributed by atoms with van der Waals surface area (Å²) in [7, 11) is 1.92. The van der Waals surface area contributed by atoms with Crippen molar-refractivity contribution in [3.05, 3.63) is 53.6 Å². The molecule has 1 amide bonds. The van der Waals surface area contributed by atoms with Crippen LogP contribution in [0.25, 0.3) is 0 Å². The zero-order valence-corrected chi connectivity index (χ0v) is 14.0. The predicted molar refractivity (Wildman–Crippen MR) is 87.7 cm³/mol. The number of imidazole rings is 1.